The summed E-state index contributed by atoms with van der Waals surface area (Å²) < 4.78 is 0. The van der Waals surface area contributed by atoms with Gasteiger partial charge in [0.1, 0.15) is 0 Å². The highest BCUT2D eigenvalue weighted by atomic mass is 16.1. The number of anilines is 2. The molecular formula is C37H46N6O. The van der Waals surface area contributed by atoms with Crippen molar-refractivity contribution in [1.29, 1.82) is 0 Å². The van der Waals surface area contributed by atoms with Crippen molar-refractivity contribution in [3.8, 4) is 0 Å². The fraction of sp³-hybridized carbons (Fsp3) is 0.324. The number of aromatic nitrogens is 2. The van der Waals surface area contributed by atoms with E-state index in [9.17, 15) is 4.79 Å². The molecule has 7 nitrogen and oxygen atoms in total. The number of unbranched alkanes of at least 4 members (excludes halogenated alkanes) is 6. The number of hydrogen-bond acceptors (Lipinski definition) is 6. The van der Waals surface area contributed by atoms with Crippen molar-refractivity contribution >= 4 is 39.1 Å². The van der Waals surface area contributed by atoms with Gasteiger partial charge in [-0.3, -0.25) is 14.8 Å². The molecule has 3 aromatic carbocycles. The largest absolute Gasteiger partial charge is 0.384 e. The second kappa shape index (κ2) is 18.9. The Morgan fingerprint density at radius 2 is 1.02 bits per heavy atom. The van der Waals surface area contributed by atoms with Crippen LogP contribution in [0.5, 0.6) is 0 Å². The number of para-hydroxylation sites is 2. The summed E-state index contributed by atoms with van der Waals surface area (Å²) in [6, 6.07) is 29.8. The zero-order chi connectivity index (χ0) is 30.7. The number of fused-ring (bicyclic) bond motifs is 2. The van der Waals surface area contributed by atoms with Crippen molar-refractivity contribution in [2.75, 3.05) is 36.8 Å². The molecule has 0 atom stereocenters. The van der Waals surface area contributed by atoms with Crippen LogP contribution in [0.25, 0.3) is 21.8 Å². The Morgan fingerprint density at radius 1 is 0.545 bits per heavy atom. The number of benzene rings is 3. The van der Waals surface area contributed by atoms with Crippen molar-refractivity contribution in [3.63, 3.8) is 0 Å². The maximum absolute atomic E-state index is 11.9. The first-order valence-corrected chi connectivity index (χ1v) is 15.9. The fourth-order valence-electron chi connectivity index (χ4n) is 5.07. The van der Waals surface area contributed by atoms with Gasteiger partial charge in [0, 0.05) is 59.7 Å². The second-order valence-electron chi connectivity index (χ2n) is 10.8. The minimum absolute atomic E-state index is 0.0110. The standard InChI is InChI=1S/C22H25N3O.C15H21N3/c26-22(18-10-4-3-5-11-18)25-16-9-2-1-8-15-23-21-14-17-24-20-13-7-6-12-19(20)21;16-10-5-1-2-6-11-17-15-9-12-18-14-8-4-3-7-13(14)15/h3-7,10-14,17H,1-2,8-9,15-16H2,(H,23,24)(H,25,26);3-4,7-9,12H,1-2,5-6,10-11,16H2,(H,17,18). The van der Waals surface area contributed by atoms with Crippen LogP contribution in [0.15, 0.2) is 103 Å². The average Bonchev–Trinajstić information content (AvgIpc) is 3.08. The molecule has 0 unspecified atom stereocenters. The minimum Gasteiger partial charge on any atom is -0.384 e. The summed E-state index contributed by atoms with van der Waals surface area (Å²) in [6.07, 6.45) is 12.9. The van der Waals surface area contributed by atoms with E-state index < -0.39 is 0 Å². The van der Waals surface area contributed by atoms with Gasteiger partial charge in [0.05, 0.1) is 11.0 Å². The van der Waals surface area contributed by atoms with Gasteiger partial charge in [0.2, 0.25) is 0 Å². The number of carbonyl (C=O) groups excluding carboxylic acids is 1. The van der Waals surface area contributed by atoms with E-state index in [-0.39, 0.29) is 5.91 Å². The zero-order valence-corrected chi connectivity index (χ0v) is 25.7. The number of nitrogens with two attached hydrogens (primary N) is 1. The predicted octanol–water partition coefficient (Wildman–Crippen LogP) is 7.80. The van der Waals surface area contributed by atoms with Crippen LogP contribution in [-0.2, 0) is 0 Å². The van der Waals surface area contributed by atoms with Gasteiger partial charge < -0.3 is 21.7 Å². The third kappa shape index (κ3) is 10.7. The first-order chi connectivity index (χ1) is 21.8. The molecule has 5 N–H and O–H groups in total. The third-order valence-electron chi connectivity index (χ3n) is 7.48. The van der Waals surface area contributed by atoms with Crippen LogP contribution in [0.2, 0.25) is 0 Å². The number of carbonyl (C=O) groups is 1. The molecule has 0 saturated carbocycles. The molecule has 5 rings (SSSR count). The van der Waals surface area contributed by atoms with E-state index in [4.69, 9.17) is 5.73 Å². The highest BCUT2D eigenvalue weighted by Gasteiger charge is 2.03. The Balaban J connectivity index is 0.000000215. The molecule has 0 spiro atoms. The maximum atomic E-state index is 11.9. The lowest BCUT2D eigenvalue weighted by molar-refractivity contribution is 0.0953. The molecule has 5 aromatic rings. The van der Waals surface area contributed by atoms with Crippen molar-refractivity contribution in [3.05, 3.63) is 109 Å². The van der Waals surface area contributed by atoms with E-state index in [1.165, 1.54) is 35.7 Å². The number of pyridine rings is 2. The second-order valence-corrected chi connectivity index (χ2v) is 10.8. The smallest absolute Gasteiger partial charge is 0.251 e. The molecule has 0 aliphatic rings. The number of rotatable bonds is 16. The summed E-state index contributed by atoms with van der Waals surface area (Å²) >= 11 is 0. The topological polar surface area (TPSA) is 105 Å². The van der Waals surface area contributed by atoms with Gasteiger partial charge in [0.25, 0.3) is 5.91 Å². The third-order valence-corrected chi connectivity index (χ3v) is 7.48. The van der Waals surface area contributed by atoms with E-state index in [1.807, 2.05) is 85.2 Å². The summed E-state index contributed by atoms with van der Waals surface area (Å²) in [4.78, 5) is 20.7. The van der Waals surface area contributed by atoms with Crippen molar-refractivity contribution in [2.45, 2.75) is 51.4 Å². The molecule has 0 aliphatic carbocycles. The zero-order valence-electron chi connectivity index (χ0n) is 25.7. The number of nitrogens with zero attached hydrogens (tertiary/aromatic N) is 2. The first-order valence-electron chi connectivity index (χ1n) is 15.9. The Morgan fingerprint density at radius 3 is 1.57 bits per heavy atom. The number of hydrogen-bond donors (Lipinski definition) is 4. The lowest BCUT2D eigenvalue weighted by atomic mass is 10.1. The highest BCUT2D eigenvalue weighted by molar-refractivity contribution is 5.94. The average molecular weight is 591 g/mol. The SMILES string of the molecule is NCCCCCCNc1ccnc2ccccc12.O=C(NCCCCCCNc1ccnc2ccccc12)c1ccccc1. The van der Waals surface area contributed by atoms with Crippen LogP contribution < -0.4 is 21.7 Å². The molecule has 0 aliphatic heterocycles. The van der Waals surface area contributed by atoms with Gasteiger partial charge in [-0.05, 0) is 68.6 Å². The molecule has 0 radical (unpaired) electrons. The van der Waals surface area contributed by atoms with Crippen LogP contribution in [-0.4, -0.2) is 42.1 Å². The highest BCUT2D eigenvalue weighted by Crippen LogP contribution is 2.22. The molecule has 230 valence electrons. The predicted molar refractivity (Wildman–Crippen MR) is 185 cm³/mol. The summed E-state index contributed by atoms with van der Waals surface area (Å²) in [5.41, 5.74) is 10.6. The Bertz CT molecular complexity index is 1530. The van der Waals surface area contributed by atoms with E-state index in [0.717, 1.165) is 80.6 Å². The van der Waals surface area contributed by atoms with Crippen LogP contribution in [0.3, 0.4) is 0 Å². The molecular weight excluding hydrogens is 544 g/mol. The molecule has 44 heavy (non-hydrogen) atoms. The van der Waals surface area contributed by atoms with Crippen LogP contribution in [0.4, 0.5) is 11.4 Å². The van der Waals surface area contributed by atoms with Gasteiger partial charge in [0.15, 0.2) is 0 Å². The Kier molecular flexibility index (Phi) is 13.9. The molecule has 0 bridgehead atoms. The van der Waals surface area contributed by atoms with Crippen LogP contribution >= 0.6 is 0 Å². The van der Waals surface area contributed by atoms with Crippen molar-refractivity contribution in [2.24, 2.45) is 5.73 Å². The van der Waals surface area contributed by atoms with Gasteiger partial charge >= 0.3 is 0 Å². The van der Waals surface area contributed by atoms with Gasteiger partial charge in [-0.1, -0.05) is 80.3 Å². The molecule has 0 saturated heterocycles. The van der Waals surface area contributed by atoms with E-state index in [0.29, 0.717) is 0 Å². The molecule has 7 heteroatoms. The van der Waals surface area contributed by atoms with E-state index in [1.54, 1.807) is 0 Å². The normalized spacial score (nSPS) is 10.7. The Labute approximate surface area is 261 Å². The number of nitrogens with one attached hydrogen (secondary N) is 3. The van der Waals surface area contributed by atoms with Crippen molar-refractivity contribution < 1.29 is 4.79 Å². The van der Waals surface area contributed by atoms with Crippen molar-refractivity contribution in [1.82, 2.24) is 15.3 Å². The minimum atomic E-state index is 0.0110. The molecule has 0 fully saturated rings. The first kappa shape index (κ1) is 32.4. The summed E-state index contributed by atoms with van der Waals surface area (Å²) in [6.45, 7) is 3.50. The summed E-state index contributed by atoms with van der Waals surface area (Å²) in [7, 11) is 0. The van der Waals surface area contributed by atoms with E-state index in [2.05, 4.69) is 44.1 Å². The fourth-order valence-corrected chi connectivity index (χ4v) is 5.07. The molecule has 1 amide bonds. The lowest BCUT2D eigenvalue weighted by Gasteiger charge is -2.09. The summed E-state index contributed by atoms with van der Waals surface area (Å²) in [5, 5.41) is 12.3. The molecule has 2 heterocycles. The van der Waals surface area contributed by atoms with Crippen LogP contribution in [0.1, 0.15) is 61.7 Å². The quantitative estimate of drug-likeness (QED) is 0.0874. The maximum Gasteiger partial charge on any atom is 0.251 e. The van der Waals surface area contributed by atoms with Crippen LogP contribution in [0, 0.1) is 0 Å². The van der Waals surface area contributed by atoms with Gasteiger partial charge in [-0.2, -0.15) is 0 Å². The van der Waals surface area contributed by atoms with E-state index >= 15 is 0 Å². The molecule has 2 aromatic heterocycles. The number of amides is 1. The Hall–Kier alpha value is -4.49. The summed E-state index contributed by atoms with van der Waals surface area (Å²) in [5.74, 6) is 0.0110. The van der Waals surface area contributed by atoms with Gasteiger partial charge in [-0.15, -0.1) is 0 Å². The lowest BCUT2D eigenvalue weighted by Crippen LogP contribution is -2.24. The monoisotopic (exact) mass is 590 g/mol. The van der Waals surface area contributed by atoms with Gasteiger partial charge in [-0.25, -0.2) is 0 Å².